The number of morpholine rings is 1. The highest BCUT2D eigenvalue weighted by atomic mass is 16.5. The van der Waals surface area contributed by atoms with Gasteiger partial charge >= 0.3 is 0 Å². The van der Waals surface area contributed by atoms with Gasteiger partial charge in [-0.2, -0.15) is 0 Å². The zero-order chi connectivity index (χ0) is 9.52. The van der Waals surface area contributed by atoms with Crippen LogP contribution in [0.25, 0.3) is 0 Å². The molecule has 13 heavy (non-hydrogen) atoms. The maximum absolute atomic E-state index is 5.46. The van der Waals surface area contributed by atoms with Gasteiger partial charge in [0.25, 0.3) is 0 Å². The molecule has 0 aromatic heterocycles. The van der Waals surface area contributed by atoms with E-state index in [-0.39, 0.29) is 0 Å². The van der Waals surface area contributed by atoms with Crippen LogP contribution in [0.1, 0.15) is 26.2 Å². The Kier molecular flexibility index (Phi) is 5.35. The summed E-state index contributed by atoms with van der Waals surface area (Å²) in [6, 6.07) is 0. The van der Waals surface area contributed by atoms with Gasteiger partial charge in [-0.05, 0) is 12.8 Å². The van der Waals surface area contributed by atoms with Crippen LogP contribution in [0.4, 0.5) is 0 Å². The van der Waals surface area contributed by atoms with Crippen LogP contribution in [-0.4, -0.2) is 44.5 Å². The van der Waals surface area contributed by atoms with Crippen LogP contribution in [0.3, 0.4) is 0 Å². The van der Waals surface area contributed by atoms with Crippen molar-refractivity contribution in [2.45, 2.75) is 32.4 Å². The van der Waals surface area contributed by atoms with Crippen molar-refractivity contribution in [2.75, 3.05) is 33.4 Å². The summed E-state index contributed by atoms with van der Waals surface area (Å²) in [6.07, 6.45) is 3.94. The lowest BCUT2D eigenvalue weighted by Crippen LogP contribution is -2.44. The molecule has 1 unspecified atom stereocenters. The van der Waals surface area contributed by atoms with Crippen molar-refractivity contribution in [3.63, 3.8) is 0 Å². The molecule has 0 bridgehead atoms. The molecule has 1 rings (SSSR count). The van der Waals surface area contributed by atoms with Crippen LogP contribution >= 0.6 is 0 Å². The summed E-state index contributed by atoms with van der Waals surface area (Å²) >= 11 is 0. The summed E-state index contributed by atoms with van der Waals surface area (Å²) in [5, 5.41) is 0. The zero-order valence-corrected chi connectivity index (χ0v) is 8.79. The Hall–Kier alpha value is -0.120. The Labute approximate surface area is 81.0 Å². The molecular formula is C10H21NO2. The van der Waals surface area contributed by atoms with E-state index in [1.165, 1.54) is 12.8 Å². The van der Waals surface area contributed by atoms with E-state index in [1.807, 2.05) is 0 Å². The topological polar surface area (TPSA) is 21.7 Å². The normalized spacial score (nSPS) is 21.7. The van der Waals surface area contributed by atoms with E-state index >= 15 is 0 Å². The molecule has 1 heterocycles. The van der Waals surface area contributed by atoms with E-state index in [9.17, 15) is 0 Å². The average Bonchev–Trinajstić information content (AvgIpc) is 2.21. The second-order valence-corrected chi connectivity index (χ2v) is 3.48. The molecular weight excluding hydrogens is 166 g/mol. The number of methoxy groups -OCH3 is 1. The van der Waals surface area contributed by atoms with Crippen molar-refractivity contribution in [3.05, 3.63) is 0 Å². The fraction of sp³-hybridized carbons (Fsp3) is 1.00. The first-order chi connectivity index (χ1) is 6.38. The lowest BCUT2D eigenvalue weighted by atomic mass is 10.2. The molecule has 1 atom stereocenters. The summed E-state index contributed by atoms with van der Waals surface area (Å²) in [6.45, 7) is 5.95. The quantitative estimate of drug-likeness (QED) is 0.650. The van der Waals surface area contributed by atoms with E-state index in [1.54, 1.807) is 7.11 Å². The summed E-state index contributed by atoms with van der Waals surface area (Å²) in [5.74, 6) is 0. The second kappa shape index (κ2) is 6.35. The number of nitrogens with zero attached hydrogens (tertiary/aromatic N) is 1. The summed E-state index contributed by atoms with van der Waals surface area (Å²) < 4.78 is 10.8. The molecule has 1 fully saturated rings. The largest absolute Gasteiger partial charge is 0.379 e. The first-order valence-electron chi connectivity index (χ1n) is 5.23. The van der Waals surface area contributed by atoms with E-state index in [0.29, 0.717) is 6.23 Å². The average molecular weight is 187 g/mol. The first-order valence-corrected chi connectivity index (χ1v) is 5.23. The Morgan fingerprint density at radius 1 is 1.38 bits per heavy atom. The zero-order valence-electron chi connectivity index (χ0n) is 8.79. The maximum Gasteiger partial charge on any atom is 0.110 e. The van der Waals surface area contributed by atoms with Crippen LogP contribution in [0.5, 0.6) is 0 Å². The summed E-state index contributed by atoms with van der Waals surface area (Å²) in [7, 11) is 1.80. The van der Waals surface area contributed by atoms with Crippen molar-refractivity contribution in [3.8, 4) is 0 Å². The minimum Gasteiger partial charge on any atom is -0.379 e. The van der Waals surface area contributed by atoms with Gasteiger partial charge in [0, 0.05) is 20.2 Å². The number of hydrogen-bond acceptors (Lipinski definition) is 3. The first kappa shape index (κ1) is 11.0. The molecule has 3 nitrogen and oxygen atoms in total. The summed E-state index contributed by atoms with van der Waals surface area (Å²) in [4.78, 5) is 2.37. The van der Waals surface area contributed by atoms with Crippen LogP contribution in [0.15, 0.2) is 0 Å². The molecule has 0 spiro atoms. The van der Waals surface area contributed by atoms with Crippen LogP contribution < -0.4 is 0 Å². The van der Waals surface area contributed by atoms with Gasteiger partial charge in [0.15, 0.2) is 0 Å². The third kappa shape index (κ3) is 3.63. The van der Waals surface area contributed by atoms with E-state index in [4.69, 9.17) is 9.47 Å². The van der Waals surface area contributed by atoms with Gasteiger partial charge in [-0.3, -0.25) is 4.90 Å². The molecule has 78 valence electrons. The minimum absolute atomic E-state index is 0.309. The Morgan fingerprint density at radius 2 is 2.08 bits per heavy atom. The monoisotopic (exact) mass is 187 g/mol. The van der Waals surface area contributed by atoms with Gasteiger partial charge < -0.3 is 9.47 Å². The van der Waals surface area contributed by atoms with Crippen molar-refractivity contribution < 1.29 is 9.47 Å². The van der Waals surface area contributed by atoms with Gasteiger partial charge in [0.05, 0.1) is 13.2 Å². The number of unbranched alkanes of at least 4 members (excludes halogenated alkanes) is 1. The fourth-order valence-corrected chi connectivity index (χ4v) is 1.69. The van der Waals surface area contributed by atoms with Crippen LogP contribution in [-0.2, 0) is 9.47 Å². The van der Waals surface area contributed by atoms with Gasteiger partial charge in [-0.25, -0.2) is 0 Å². The Bertz CT molecular complexity index is 124. The van der Waals surface area contributed by atoms with Crippen molar-refractivity contribution in [1.29, 1.82) is 0 Å². The minimum atomic E-state index is 0.309. The Morgan fingerprint density at radius 3 is 2.62 bits per heavy atom. The number of ether oxygens (including phenoxy) is 2. The molecule has 0 N–H and O–H groups in total. The molecule has 0 aromatic rings. The van der Waals surface area contributed by atoms with Gasteiger partial charge in [0.1, 0.15) is 6.23 Å². The highest BCUT2D eigenvalue weighted by Gasteiger charge is 2.19. The van der Waals surface area contributed by atoms with Crippen molar-refractivity contribution in [1.82, 2.24) is 4.90 Å². The molecule has 0 amide bonds. The van der Waals surface area contributed by atoms with Crippen LogP contribution in [0.2, 0.25) is 0 Å². The molecule has 0 radical (unpaired) electrons. The molecule has 0 aliphatic carbocycles. The van der Waals surface area contributed by atoms with E-state index in [2.05, 4.69) is 11.8 Å². The van der Waals surface area contributed by atoms with Gasteiger partial charge in [0.2, 0.25) is 0 Å². The second-order valence-electron chi connectivity index (χ2n) is 3.48. The molecule has 1 saturated heterocycles. The summed E-state index contributed by atoms with van der Waals surface area (Å²) in [5.41, 5.74) is 0. The van der Waals surface area contributed by atoms with Gasteiger partial charge in [-0.1, -0.05) is 13.3 Å². The highest BCUT2D eigenvalue weighted by Crippen LogP contribution is 2.11. The Balaban J connectivity index is 2.26. The molecule has 1 aliphatic rings. The predicted molar refractivity (Wildman–Crippen MR) is 52.7 cm³/mol. The van der Waals surface area contributed by atoms with Crippen molar-refractivity contribution in [2.24, 2.45) is 0 Å². The molecule has 3 heteroatoms. The van der Waals surface area contributed by atoms with Crippen LogP contribution in [0, 0.1) is 0 Å². The maximum atomic E-state index is 5.46. The van der Waals surface area contributed by atoms with E-state index in [0.717, 1.165) is 32.7 Å². The van der Waals surface area contributed by atoms with Crippen molar-refractivity contribution >= 4 is 0 Å². The third-order valence-electron chi connectivity index (χ3n) is 2.53. The molecule has 1 aliphatic heterocycles. The lowest BCUT2D eigenvalue weighted by molar-refractivity contribution is -0.0825. The molecule has 0 saturated carbocycles. The number of rotatable bonds is 5. The number of hydrogen-bond donors (Lipinski definition) is 0. The predicted octanol–water partition coefficient (Wildman–Crippen LogP) is 1.48. The third-order valence-corrected chi connectivity index (χ3v) is 2.53. The standard InChI is InChI=1S/C10H21NO2/c1-3-4-5-10(12-2)11-6-8-13-9-7-11/h10H,3-9H2,1-2H3. The smallest absolute Gasteiger partial charge is 0.110 e. The molecule has 0 aromatic carbocycles. The van der Waals surface area contributed by atoms with Gasteiger partial charge in [-0.15, -0.1) is 0 Å². The fourth-order valence-electron chi connectivity index (χ4n) is 1.69. The highest BCUT2D eigenvalue weighted by molar-refractivity contribution is 4.66. The SMILES string of the molecule is CCCCC(OC)N1CCOCC1. The van der Waals surface area contributed by atoms with E-state index < -0.39 is 0 Å². The lowest BCUT2D eigenvalue weighted by Gasteiger charge is -2.33.